The zero-order valence-corrected chi connectivity index (χ0v) is 19.7. The van der Waals surface area contributed by atoms with Gasteiger partial charge in [-0.2, -0.15) is 0 Å². The number of sulfonamides is 1. The van der Waals surface area contributed by atoms with Gasteiger partial charge in [-0.1, -0.05) is 6.07 Å². The number of hydrogen-bond acceptors (Lipinski definition) is 5. The standard InChI is InChI=1S/C24H29N3O5S/c1-3-33(30,31)26-13-4-5-19(16-26)23(28)25-20-9-6-17-12-14-27(22(17)15-20)24(29)18-7-10-21(32-2)11-8-18/h6-11,15,19H,3-5,12-14,16H2,1-2H3,(H,25,28)/t19-/m1/s1. The number of ether oxygens (including phenoxy) is 1. The van der Waals surface area contributed by atoms with Gasteiger partial charge >= 0.3 is 0 Å². The van der Waals surface area contributed by atoms with Crippen LogP contribution >= 0.6 is 0 Å². The molecule has 0 unspecified atom stereocenters. The fourth-order valence-electron chi connectivity index (χ4n) is 4.39. The number of piperidine rings is 1. The van der Waals surface area contributed by atoms with Crippen molar-refractivity contribution in [2.75, 3.05) is 42.7 Å². The highest BCUT2D eigenvalue weighted by Gasteiger charge is 2.32. The number of nitrogens with zero attached hydrogens (tertiary/aromatic N) is 2. The summed E-state index contributed by atoms with van der Waals surface area (Å²) >= 11 is 0. The van der Waals surface area contributed by atoms with Crippen molar-refractivity contribution in [1.82, 2.24) is 4.31 Å². The topological polar surface area (TPSA) is 96.0 Å². The fourth-order valence-corrected chi connectivity index (χ4v) is 5.57. The van der Waals surface area contributed by atoms with E-state index < -0.39 is 15.9 Å². The predicted octanol–water partition coefficient (Wildman–Crippen LogP) is 2.90. The molecule has 0 bridgehead atoms. The Kier molecular flexibility index (Phi) is 6.71. The number of carbonyl (C=O) groups is 2. The van der Waals surface area contributed by atoms with Crippen LogP contribution in [0.4, 0.5) is 11.4 Å². The number of benzene rings is 2. The highest BCUT2D eigenvalue weighted by Crippen LogP contribution is 2.33. The summed E-state index contributed by atoms with van der Waals surface area (Å²) in [6.45, 7) is 2.85. The molecule has 4 rings (SSSR count). The molecular formula is C24H29N3O5S. The van der Waals surface area contributed by atoms with E-state index in [1.54, 1.807) is 43.2 Å². The highest BCUT2D eigenvalue weighted by molar-refractivity contribution is 7.89. The minimum absolute atomic E-state index is 0.0320. The van der Waals surface area contributed by atoms with E-state index in [0.717, 1.165) is 17.7 Å². The Bertz CT molecular complexity index is 1150. The molecule has 0 radical (unpaired) electrons. The van der Waals surface area contributed by atoms with Crippen LogP contribution in [0.3, 0.4) is 0 Å². The van der Waals surface area contributed by atoms with Gasteiger partial charge in [0.25, 0.3) is 5.91 Å². The zero-order chi connectivity index (χ0) is 23.6. The second-order valence-corrected chi connectivity index (χ2v) is 10.6. The Balaban J connectivity index is 1.47. The lowest BCUT2D eigenvalue weighted by molar-refractivity contribution is -0.120. The number of nitrogens with one attached hydrogen (secondary N) is 1. The van der Waals surface area contributed by atoms with Gasteiger partial charge in [-0.15, -0.1) is 0 Å². The number of carbonyl (C=O) groups excluding carboxylic acids is 2. The third-order valence-electron chi connectivity index (χ3n) is 6.34. The molecule has 0 aromatic heterocycles. The molecule has 1 atom stereocenters. The SMILES string of the molecule is CCS(=O)(=O)N1CCC[C@@H](C(=O)Nc2ccc3c(c2)N(C(=O)c2ccc(OC)cc2)CC3)C1. The van der Waals surface area contributed by atoms with Crippen molar-refractivity contribution in [2.45, 2.75) is 26.2 Å². The smallest absolute Gasteiger partial charge is 0.258 e. The molecule has 1 fully saturated rings. The van der Waals surface area contributed by atoms with Gasteiger partial charge in [0.15, 0.2) is 0 Å². The van der Waals surface area contributed by atoms with Crippen molar-refractivity contribution in [3.8, 4) is 5.75 Å². The molecule has 0 aliphatic carbocycles. The Morgan fingerprint density at radius 1 is 1.12 bits per heavy atom. The van der Waals surface area contributed by atoms with Gasteiger partial charge in [-0.3, -0.25) is 9.59 Å². The van der Waals surface area contributed by atoms with Gasteiger partial charge in [0.2, 0.25) is 15.9 Å². The minimum Gasteiger partial charge on any atom is -0.497 e. The maximum atomic E-state index is 13.1. The van der Waals surface area contributed by atoms with Crippen LogP contribution in [0.2, 0.25) is 0 Å². The molecule has 2 aromatic carbocycles. The van der Waals surface area contributed by atoms with Crippen LogP contribution in [0, 0.1) is 5.92 Å². The summed E-state index contributed by atoms with van der Waals surface area (Å²) in [5, 5.41) is 2.93. The first kappa shape index (κ1) is 23.3. The van der Waals surface area contributed by atoms with Crippen LogP contribution in [0.15, 0.2) is 42.5 Å². The lowest BCUT2D eigenvalue weighted by Gasteiger charge is -2.31. The molecule has 0 spiro atoms. The molecule has 2 amide bonds. The molecule has 2 aromatic rings. The number of rotatable bonds is 6. The van der Waals surface area contributed by atoms with Crippen LogP contribution in [-0.4, -0.2) is 57.0 Å². The molecule has 2 heterocycles. The number of amides is 2. The van der Waals surface area contributed by atoms with Crippen molar-refractivity contribution in [2.24, 2.45) is 5.92 Å². The third kappa shape index (κ3) is 4.89. The molecule has 2 aliphatic rings. The third-order valence-corrected chi connectivity index (χ3v) is 8.19. The predicted molar refractivity (Wildman–Crippen MR) is 127 cm³/mol. The fraction of sp³-hybridized carbons (Fsp3) is 0.417. The van der Waals surface area contributed by atoms with Crippen LogP contribution in [0.1, 0.15) is 35.7 Å². The number of hydrogen-bond donors (Lipinski definition) is 1. The van der Waals surface area contributed by atoms with Crippen molar-refractivity contribution in [3.63, 3.8) is 0 Å². The van der Waals surface area contributed by atoms with Crippen LogP contribution < -0.4 is 15.0 Å². The summed E-state index contributed by atoms with van der Waals surface area (Å²) < 4.78 is 31.0. The van der Waals surface area contributed by atoms with E-state index in [-0.39, 0.29) is 24.1 Å². The molecule has 1 N–H and O–H groups in total. The number of methoxy groups -OCH3 is 1. The summed E-state index contributed by atoms with van der Waals surface area (Å²) in [6.07, 6.45) is 2.05. The molecule has 1 saturated heterocycles. The van der Waals surface area contributed by atoms with Gasteiger partial charge in [0.1, 0.15) is 5.75 Å². The Hall–Kier alpha value is -2.91. The van der Waals surface area contributed by atoms with E-state index in [0.29, 0.717) is 42.9 Å². The first-order valence-electron chi connectivity index (χ1n) is 11.2. The van der Waals surface area contributed by atoms with E-state index in [1.807, 2.05) is 18.2 Å². The molecule has 176 valence electrons. The number of fused-ring (bicyclic) bond motifs is 1. The average Bonchev–Trinajstić information content (AvgIpc) is 3.27. The summed E-state index contributed by atoms with van der Waals surface area (Å²) in [5.41, 5.74) is 3.00. The van der Waals surface area contributed by atoms with Crippen molar-refractivity contribution in [1.29, 1.82) is 0 Å². The van der Waals surface area contributed by atoms with E-state index >= 15 is 0 Å². The summed E-state index contributed by atoms with van der Waals surface area (Å²) in [4.78, 5) is 27.7. The summed E-state index contributed by atoms with van der Waals surface area (Å²) in [5.74, 6) is 0.0193. The second kappa shape index (κ2) is 9.52. The normalized spacial score (nSPS) is 18.6. The van der Waals surface area contributed by atoms with Gasteiger partial charge in [0.05, 0.1) is 18.8 Å². The van der Waals surface area contributed by atoms with E-state index in [4.69, 9.17) is 4.74 Å². The highest BCUT2D eigenvalue weighted by atomic mass is 32.2. The van der Waals surface area contributed by atoms with Gasteiger partial charge in [-0.05, 0) is 68.1 Å². The maximum Gasteiger partial charge on any atom is 0.258 e. The average molecular weight is 472 g/mol. The van der Waals surface area contributed by atoms with Crippen LogP contribution in [-0.2, 0) is 21.2 Å². The maximum absolute atomic E-state index is 13.1. The lowest BCUT2D eigenvalue weighted by atomic mass is 9.98. The van der Waals surface area contributed by atoms with Crippen molar-refractivity contribution >= 4 is 33.2 Å². The first-order valence-corrected chi connectivity index (χ1v) is 12.8. The zero-order valence-electron chi connectivity index (χ0n) is 18.9. The van der Waals surface area contributed by atoms with E-state index in [9.17, 15) is 18.0 Å². The Morgan fingerprint density at radius 3 is 2.58 bits per heavy atom. The van der Waals surface area contributed by atoms with Crippen molar-refractivity contribution in [3.05, 3.63) is 53.6 Å². The largest absolute Gasteiger partial charge is 0.497 e. The van der Waals surface area contributed by atoms with Crippen LogP contribution in [0.5, 0.6) is 5.75 Å². The van der Waals surface area contributed by atoms with E-state index in [1.165, 1.54) is 4.31 Å². The quantitative estimate of drug-likeness (QED) is 0.699. The van der Waals surface area contributed by atoms with E-state index in [2.05, 4.69) is 5.32 Å². The summed E-state index contributed by atoms with van der Waals surface area (Å²) in [7, 11) is -1.73. The molecule has 33 heavy (non-hydrogen) atoms. The second-order valence-electron chi connectivity index (χ2n) is 8.37. The molecule has 2 aliphatic heterocycles. The van der Waals surface area contributed by atoms with Gasteiger partial charge < -0.3 is 15.0 Å². The molecule has 8 nitrogen and oxygen atoms in total. The number of anilines is 2. The Morgan fingerprint density at radius 2 is 1.88 bits per heavy atom. The summed E-state index contributed by atoms with van der Waals surface area (Å²) in [6, 6.07) is 12.6. The lowest BCUT2D eigenvalue weighted by Crippen LogP contribution is -2.44. The van der Waals surface area contributed by atoms with Crippen molar-refractivity contribution < 1.29 is 22.7 Å². The minimum atomic E-state index is -3.31. The Labute approximate surface area is 194 Å². The van der Waals surface area contributed by atoms with Gasteiger partial charge in [-0.25, -0.2) is 12.7 Å². The monoisotopic (exact) mass is 471 g/mol. The van der Waals surface area contributed by atoms with Gasteiger partial charge in [0, 0.05) is 36.6 Å². The molecule has 0 saturated carbocycles. The molecule has 9 heteroatoms. The van der Waals surface area contributed by atoms with Crippen LogP contribution in [0.25, 0.3) is 0 Å². The molecular weight excluding hydrogens is 442 g/mol. The first-order chi connectivity index (χ1) is 15.8.